The van der Waals surface area contributed by atoms with Crippen LogP contribution in [0.3, 0.4) is 0 Å². The quantitative estimate of drug-likeness (QED) is 0.934. The molecule has 3 rings (SSSR count). The Morgan fingerprint density at radius 3 is 2.71 bits per heavy atom. The molecule has 6 heteroatoms. The number of rotatable bonds is 4. The monoisotopic (exact) mass is 326 g/mol. The fourth-order valence-electron chi connectivity index (χ4n) is 3.09. The van der Waals surface area contributed by atoms with E-state index in [-0.39, 0.29) is 17.6 Å². The predicted molar refractivity (Wildman–Crippen MR) is 87.2 cm³/mol. The molecular formula is C18H18N2O4. The van der Waals surface area contributed by atoms with Gasteiger partial charge in [0, 0.05) is 18.3 Å². The van der Waals surface area contributed by atoms with E-state index in [1.165, 1.54) is 18.3 Å². The molecule has 0 saturated carbocycles. The minimum absolute atomic E-state index is 0.0483. The maximum absolute atomic E-state index is 12.8. The molecule has 1 N–H and O–H groups in total. The van der Waals surface area contributed by atoms with Crippen molar-refractivity contribution in [3.8, 4) is 5.75 Å². The maximum atomic E-state index is 12.8. The molecule has 2 heterocycles. The largest absolute Gasteiger partial charge is 0.496 e. The van der Waals surface area contributed by atoms with Crippen molar-refractivity contribution >= 4 is 11.9 Å². The molecular weight excluding hydrogens is 308 g/mol. The molecule has 1 fully saturated rings. The summed E-state index contributed by atoms with van der Waals surface area (Å²) in [6, 6.07) is 10.5. The van der Waals surface area contributed by atoms with Gasteiger partial charge in [-0.3, -0.25) is 4.79 Å². The summed E-state index contributed by atoms with van der Waals surface area (Å²) in [6.45, 7) is 0.655. The number of pyridine rings is 1. The zero-order chi connectivity index (χ0) is 17.1. The third-order valence-electron chi connectivity index (χ3n) is 4.24. The van der Waals surface area contributed by atoms with Gasteiger partial charge in [0.05, 0.1) is 18.7 Å². The lowest BCUT2D eigenvalue weighted by molar-refractivity contribution is 0.0685. The van der Waals surface area contributed by atoms with Crippen LogP contribution in [0.1, 0.15) is 45.3 Å². The Labute approximate surface area is 139 Å². The number of carbonyl (C=O) groups is 2. The number of aromatic carboxylic acids is 1. The third-order valence-corrected chi connectivity index (χ3v) is 4.24. The van der Waals surface area contributed by atoms with Gasteiger partial charge in [0.1, 0.15) is 11.4 Å². The molecule has 1 aliphatic heterocycles. The van der Waals surface area contributed by atoms with Gasteiger partial charge in [-0.1, -0.05) is 18.2 Å². The number of carboxylic acids is 1. The Balaban J connectivity index is 1.87. The van der Waals surface area contributed by atoms with Crippen LogP contribution in [-0.4, -0.2) is 40.5 Å². The van der Waals surface area contributed by atoms with Gasteiger partial charge in [0.15, 0.2) is 0 Å². The summed E-state index contributed by atoms with van der Waals surface area (Å²) in [7, 11) is 1.62. The van der Waals surface area contributed by atoms with Crippen LogP contribution in [0, 0.1) is 0 Å². The first-order valence-electron chi connectivity index (χ1n) is 7.75. The predicted octanol–water partition coefficient (Wildman–Crippen LogP) is 2.77. The minimum atomic E-state index is -1.11. The molecule has 1 atom stereocenters. The number of carbonyl (C=O) groups excluding carboxylic acids is 1. The molecule has 0 aliphatic carbocycles. The fraction of sp³-hybridized carbons (Fsp3) is 0.278. The number of nitrogens with zero attached hydrogens (tertiary/aromatic N) is 2. The second-order valence-corrected chi connectivity index (χ2v) is 5.64. The van der Waals surface area contributed by atoms with Crippen LogP contribution < -0.4 is 4.74 Å². The molecule has 24 heavy (non-hydrogen) atoms. The molecule has 1 amide bonds. The van der Waals surface area contributed by atoms with Crippen LogP contribution in [0.2, 0.25) is 0 Å². The number of aromatic nitrogens is 1. The molecule has 6 nitrogen and oxygen atoms in total. The van der Waals surface area contributed by atoms with Gasteiger partial charge in [-0.05, 0) is 31.0 Å². The van der Waals surface area contributed by atoms with E-state index in [0.717, 1.165) is 24.2 Å². The lowest BCUT2D eigenvalue weighted by Crippen LogP contribution is -2.31. The summed E-state index contributed by atoms with van der Waals surface area (Å²) >= 11 is 0. The second-order valence-electron chi connectivity index (χ2n) is 5.64. The van der Waals surface area contributed by atoms with Gasteiger partial charge < -0.3 is 14.7 Å². The lowest BCUT2D eigenvalue weighted by Gasteiger charge is -2.26. The Bertz CT molecular complexity index is 758. The number of hydrogen-bond donors (Lipinski definition) is 1. The SMILES string of the molecule is COc1ccccc1C1CCCN1C(=O)c1ccc(C(=O)O)nc1. The first-order valence-corrected chi connectivity index (χ1v) is 7.75. The zero-order valence-electron chi connectivity index (χ0n) is 13.3. The Morgan fingerprint density at radius 1 is 1.25 bits per heavy atom. The summed E-state index contributed by atoms with van der Waals surface area (Å²) in [5.41, 5.74) is 1.30. The highest BCUT2D eigenvalue weighted by molar-refractivity contribution is 5.95. The second kappa shape index (κ2) is 6.70. The number of amides is 1. The number of carboxylic acid groups (broad SMARTS) is 1. The summed E-state index contributed by atoms with van der Waals surface area (Å²) < 4.78 is 5.42. The van der Waals surface area contributed by atoms with Crippen LogP contribution in [0.15, 0.2) is 42.6 Å². The number of methoxy groups -OCH3 is 1. The number of para-hydroxylation sites is 1. The van der Waals surface area contributed by atoms with E-state index >= 15 is 0 Å². The highest BCUT2D eigenvalue weighted by atomic mass is 16.5. The molecule has 124 valence electrons. The van der Waals surface area contributed by atoms with Gasteiger partial charge in [-0.25, -0.2) is 9.78 Å². The fourth-order valence-corrected chi connectivity index (χ4v) is 3.09. The molecule has 1 aromatic heterocycles. The van der Waals surface area contributed by atoms with E-state index in [0.29, 0.717) is 12.1 Å². The highest BCUT2D eigenvalue weighted by Crippen LogP contribution is 2.37. The van der Waals surface area contributed by atoms with Crippen LogP contribution in [0.25, 0.3) is 0 Å². The summed E-state index contributed by atoms with van der Waals surface area (Å²) in [4.78, 5) is 29.3. The summed E-state index contributed by atoms with van der Waals surface area (Å²) in [5.74, 6) is -0.489. The smallest absolute Gasteiger partial charge is 0.354 e. The van der Waals surface area contributed by atoms with Gasteiger partial charge in [-0.15, -0.1) is 0 Å². The van der Waals surface area contributed by atoms with Crippen LogP contribution in [0.4, 0.5) is 0 Å². The van der Waals surface area contributed by atoms with Crippen LogP contribution in [-0.2, 0) is 0 Å². The molecule has 0 bridgehead atoms. The first kappa shape index (κ1) is 16.0. The molecule has 1 saturated heterocycles. The van der Waals surface area contributed by atoms with Crippen molar-refractivity contribution in [3.63, 3.8) is 0 Å². The Kier molecular flexibility index (Phi) is 4.46. The van der Waals surface area contributed by atoms with E-state index in [9.17, 15) is 9.59 Å². The van der Waals surface area contributed by atoms with Crippen molar-refractivity contribution in [2.75, 3.05) is 13.7 Å². The standard InChI is InChI=1S/C18H18N2O4/c1-24-16-7-3-2-5-13(16)15-6-4-10-20(15)17(21)12-8-9-14(18(22)23)19-11-12/h2-3,5,7-9,11,15H,4,6,10H2,1H3,(H,22,23). The van der Waals surface area contributed by atoms with Crippen LogP contribution in [0.5, 0.6) is 5.75 Å². The van der Waals surface area contributed by atoms with Crippen molar-refractivity contribution < 1.29 is 19.4 Å². The average molecular weight is 326 g/mol. The van der Waals surface area contributed by atoms with E-state index in [1.54, 1.807) is 12.0 Å². The molecule has 1 aliphatic rings. The maximum Gasteiger partial charge on any atom is 0.354 e. The van der Waals surface area contributed by atoms with Gasteiger partial charge in [0.2, 0.25) is 0 Å². The van der Waals surface area contributed by atoms with E-state index < -0.39 is 5.97 Å². The van der Waals surface area contributed by atoms with Crippen LogP contribution >= 0.6 is 0 Å². The minimum Gasteiger partial charge on any atom is -0.496 e. The van der Waals surface area contributed by atoms with E-state index in [1.807, 2.05) is 24.3 Å². The van der Waals surface area contributed by atoms with Gasteiger partial charge in [-0.2, -0.15) is 0 Å². The highest BCUT2D eigenvalue weighted by Gasteiger charge is 2.32. The lowest BCUT2D eigenvalue weighted by atomic mass is 10.0. The summed E-state index contributed by atoms with van der Waals surface area (Å²) in [5, 5.41) is 8.90. The molecule has 0 spiro atoms. The number of benzene rings is 1. The van der Waals surface area contributed by atoms with Gasteiger partial charge in [0.25, 0.3) is 5.91 Å². The molecule has 0 radical (unpaired) electrons. The first-order chi connectivity index (χ1) is 11.6. The number of ether oxygens (including phenoxy) is 1. The molecule has 1 aromatic carbocycles. The molecule has 1 unspecified atom stereocenters. The number of likely N-dealkylation sites (tertiary alicyclic amines) is 1. The topological polar surface area (TPSA) is 79.7 Å². The van der Waals surface area contributed by atoms with Gasteiger partial charge >= 0.3 is 5.97 Å². The number of hydrogen-bond acceptors (Lipinski definition) is 4. The Morgan fingerprint density at radius 2 is 2.04 bits per heavy atom. The molecule has 2 aromatic rings. The Hall–Kier alpha value is -2.89. The van der Waals surface area contributed by atoms with Crippen molar-refractivity contribution in [3.05, 3.63) is 59.4 Å². The normalized spacial score (nSPS) is 16.9. The van der Waals surface area contributed by atoms with Crippen molar-refractivity contribution in [1.82, 2.24) is 9.88 Å². The average Bonchev–Trinajstić information content (AvgIpc) is 3.10. The van der Waals surface area contributed by atoms with E-state index in [4.69, 9.17) is 9.84 Å². The van der Waals surface area contributed by atoms with Crippen molar-refractivity contribution in [2.45, 2.75) is 18.9 Å². The van der Waals surface area contributed by atoms with Crippen molar-refractivity contribution in [1.29, 1.82) is 0 Å². The summed E-state index contributed by atoms with van der Waals surface area (Å²) in [6.07, 6.45) is 3.10. The zero-order valence-corrected chi connectivity index (χ0v) is 13.3. The third kappa shape index (κ3) is 2.95. The van der Waals surface area contributed by atoms with E-state index in [2.05, 4.69) is 4.98 Å². The van der Waals surface area contributed by atoms with Crippen molar-refractivity contribution in [2.24, 2.45) is 0 Å².